The molecule has 1 aromatic carbocycles. The Balaban J connectivity index is 1.44. The fourth-order valence-electron chi connectivity index (χ4n) is 6.06. The second-order valence-corrected chi connectivity index (χ2v) is 15.1. The van der Waals surface area contributed by atoms with E-state index >= 15 is 0 Å². The van der Waals surface area contributed by atoms with Crippen molar-refractivity contribution in [1.29, 1.82) is 10.5 Å². The van der Waals surface area contributed by atoms with Gasteiger partial charge >= 0.3 is 7.82 Å². The van der Waals surface area contributed by atoms with Crippen molar-refractivity contribution >= 4 is 19.2 Å². The number of hydrogen-bond acceptors (Lipinski definition) is 11. The first-order chi connectivity index (χ1) is 26.1. The monoisotopic (exact) mass is 772 g/mol. The highest BCUT2D eigenvalue weighted by Crippen LogP contribution is 2.44. The number of unbranched alkanes of at least 4 members (excludes halogenated alkanes) is 13. The van der Waals surface area contributed by atoms with Crippen molar-refractivity contribution in [2.45, 2.75) is 128 Å². The summed E-state index contributed by atoms with van der Waals surface area (Å²) >= 11 is 0. The van der Waals surface area contributed by atoms with Gasteiger partial charge in [-0.05, 0) is 55.2 Å². The molecule has 0 aliphatic heterocycles. The van der Waals surface area contributed by atoms with Crippen LogP contribution >= 0.6 is 7.82 Å². The van der Waals surface area contributed by atoms with E-state index in [1.165, 1.54) is 96.2 Å². The van der Waals surface area contributed by atoms with Crippen molar-refractivity contribution in [1.82, 2.24) is 14.6 Å². The third-order valence-corrected chi connectivity index (χ3v) is 10.3. The van der Waals surface area contributed by atoms with Gasteiger partial charge < -0.3 is 24.8 Å². The highest BCUT2D eigenvalue weighted by molar-refractivity contribution is 7.47. The van der Waals surface area contributed by atoms with Crippen molar-refractivity contribution in [2.24, 2.45) is 0 Å². The van der Waals surface area contributed by atoms with E-state index in [0.29, 0.717) is 29.9 Å². The molecule has 1 unspecified atom stereocenters. The quantitative estimate of drug-likeness (QED) is 0.0487. The van der Waals surface area contributed by atoms with Crippen LogP contribution in [0.1, 0.15) is 120 Å². The number of aromatic nitrogens is 3. The molecule has 0 radical (unpaired) electrons. The number of phosphoric ester groups is 1. The minimum absolute atomic E-state index is 0.0401. The lowest BCUT2D eigenvalue weighted by atomic mass is 9.99. The zero-order valence-electron chi connectivity index (χ0n) is 31.9. The summed E-state index contributed by atoms with van der Waals surface area (Å²) in [4.78, 5) is 14.5. The molecular weight excluding hydrogens is 714 g/mol. The molecule has 3 atom stereocenters. The van der Waals surface area contributed by atoms with Gasteiger partial charge in [-0.3, -0.25) is 9.05 Å². The van der Waals surface area contributed by atoms with E-state index in [1.807, 2.05) is 12.1 Å². The highest BCUT2D eigenvalue weighted by Gasteiger charge is 2.35. The van der Waals surface area contributed by atoms with Crippen LogP contribution in [-0.4, -0.2) is 64.7 Å². The zero-order valence-corrected chi connectivity index (χ0v) is 32.8. The molecule has 3 rings (SSSR count). The van der Waals surface area contributed by atoms with Gasteiger partial charge in [-0.25, -0.2) is 18.5 Å². The van der Waals surface area contributed by atoms with Crippen LogP contribution in [0, 0.1) is 28.5 Å². The summed E-state index contributed by atoms with van der Waals surface area (Å²) in [7, 11) is -3.39. The lowest BCUT2D eigenvalue weighted by molar-refractivity contribution is -0.0554. The molecule has 15 heteroatoms. The Morgan fingerprint density at radius 2 is 1.63 bits per heavy atom. The largest absolute Gasteiger partial charge is 0.472 e. The van der Waals surface area contributed by atoms with Crippen molar-refractivity contribution in [3.8, 4) is 12.1 Å². The zero-order chi connectivity index (χ0) is 39.1. The normalized spacial score (nSPS) is 14.3. The van der Waals surface area contributed by atoms with Gasteiger partial charge in [0.05, 0.1) is 31.5 Å². The first kappa shape index (κ1) is 44.9. The lowest BCUT2D eigenvalue weighted by Gasteiger charge is -2.26. The first-order valence-electron chi connectivity index (χ1n) is 19.2. The van der Waals surface area contributed by atoms with Crippen molar-refractivity contribution in [3.63, 3.8) is 0 Å². The van der Waals surface area contributed by atoms with Crippen LogP contribution in [0.4, 0.5) is 10.2 Å². The number of hydrogen-bond donors (Lipinski definition) is 2. The van der Waals surface area contributed by atoms with Crippen LogP contribution in [0.25, 0.3) is 5.52 Å². The van der Waals surface area contributed by atoms with Crippen molar-refractivity contribution in [3.05, 3.63) is 59.3 Å². The molecule has 3 N–H and O–H groups in total. The predicted molar refractivity (Wildman–Crippen MR) is 204 cm³/mol. The molecule has 13 nitrogen and oxygen atoms in total. The number of anilines is 1. The Hall–Kier alpha value is -3.46. The molecule has 0 saturated carbocycles. The molecule has 0 spiro atoms. The number of benzene rings is 1. The van der Waals surface area contributed by atoms with Gasteiger partial charge in [0.2, 0.25) is 0 Å². The maximum absolute atomic E-state index is 14.0. The van der Waals surface area contributed by atoms with Crippen LogP contribution < -0.4 is 5.73 Å². The molecule has 298 valence electrons. The third-order valence-electron chi connectivity index (χ3n) is 9.34. The van der Waals surface area contributed by atoms with Crippen LogP contribution in [-0.2, 0) is 40.9 Å². The van der Waals surface area contributed by atoms with E-state index in [-0.39, 0.29) is 25.2 Å². The molecule has 3 aromatic rings. The van der Waals surface area contributed by atoms with E-state index in [0.717, 1.165) is 31.0 Å². The molecule has 0 aliphatic rings. The summed E-state index contributed by atoms with van der Waals surface area (Å²) in [5.41, 5.74) is 6.24. The minimum atomic E-state index is -4.70. The number of methoxy groups -OCH3 is 1. The van der Waals surface area contributed by atoms with E-state index < -0.39 is 38.6 Å². The van der Waals surface area contributed by atoms with E-state index in [9.17, 15) is 24.4 Å². The SMILES string of the molecule is CCCCCCCCCCCCCCCCOC[C@@H](COP(=O)(O)OC[C@](C#N)(CCc1ccc2c(N)ncnn12)OC)OCc1cc(F)cc(C#N)c1. The van der Waals surface area contributed by atoms with Gasteiger partial charge in [0, 0.05) is 19.4 Å². The number of aryl methyl sites for hydroxylation is 1. The standard InChI is InChI=1S/C39H58FN6O7P/c1-3-4-5-6-7-8-9-10-11-12-13-14-15-16-21-50-27-36(51-26-33-22-32(25-41)23-34(40)24-33)28-52-54(47,48)53-30-39(29-42,49-2)20-19-35-17-18-37-38(43)44-31-45-46(35)37/h17-18,22-24,31,36H,3-16,19-21,26-28,30H2,1-2H3,(H,47,48)(H2,43,44,45)/t36-,39+/m0/s1. The third kappa shape index (κ3) is 16.5. The van der Waals surface area contributed by atoms with Crippen LogP contribution in [0.2, 0.25) is 0 Å². The van der Waals surface area contributed by atoms with Gasteiger partial charge in [0.15, 0.2) is 11.4 Å². The Bertz CT molecular complexity index is 1660. The summed E-state index contributed by atoms with van der Waals surface area (Å²) in [5, 5.41) is 23.4. The summed E-state index contributed by atoms with van der Waals surface area (Å²) in [5.74, 6) is -0.272. The van der Waals surface area contributed by atoms with Crippen LogP contribution in [0.3, 0.4) is 0 Å². The Kier molecular flexibility index (Phi) is 20.7. The number of nitrogens with two attached hydrogens (primary N) is 1. The summed E-state index contributed by atoms with van der Waals surface area (Å²) in [6.07, 6.45) is 18.4. The number of nitrogen functional groups attached to an aromatic ring is 1. The number of nitrogens with zero attached hydrogens (tertiary/aromatic N) is 5. The number of rotatable bonds is 30. The Morgan fingerprint density at radius 3 is 2.26 bits per heavy atom. The summed E-state index contributed by atoms with van der Waals surface area (Å²) in [6, 6.07) is 11.4. The molecule has 0 bridgehead atoms. The molecule has 54 heavy (non-hydrogen) atoms. The Labute approximate surface area is 319 Å². The summed E-state index contributed by atoms with van der Waals surface area (Å²) in [6.45, 7) is 1.71. The van der Waals surface area contributed by atoms with Gasteiger partial charge in [-0.15, -0.1) is 0 Å². The maximum Gasteiger partial charge on any atom is 0.472 e. The number of halogens is 1. The average Bonchev–Trinajstić information content (AvgIpc) is 3.59. The molecule has 2 aromatic heterocycles. The second-order valence-electron chi connectivity index (χ2n) is 13.7. The molecule has 0 amide bonds. The maximum atomic E-state index is 14.0. The van der Waals surface area contributed by atoms with Crippen molar-refractivity contribution < 1.29 is 37.1 Å². The predicted octanol–water partition coefficient (Wildman–Crippen LogP) is 8.38. The molecule has 2 heterocycles. The van der Waals surface area contributed by atoms with Gasteiger partial charge in [-0.2, -0.15) is 15.6 Å². The average molecular weight is 773 g/mol. The highest BCUT2D eigenvalue weighted by atomic mass is 31.2. The van der Waals surface area contributed by atoms with Gasteiger partial charge in [-0.1, -0.05) is 90.4 Å². The number of fused-ring (bicyclic) bond motifs is 1. The minimum Gasteiger partial charge on any atom is -0.382 e. The number of ether oxygens (including phenoxy) is 3. The Morgan fingerprint density at radius 1 is 0.963 bits per heavy atom. The van der Waals surface area contributed by atoms with E-state index in [2.05, 4.69) is 17.0 Å². The van der Waals surface area contributed by atoms with Crippen molar-refractivity contribution in [2.75, 3.05) is 39.3 Å². The van der Waals surface area contributed by atoms with Gasteiger partial charge in [0.1, 0.15) is 36.4 Å². The lowest BCUT2D eigenvalue weighted by Crippen LogP contribution is -2.36. The van der Waals surface area contributed by atoms with Gasteiger partial charge in [0.25, 0.3) is 0 Å². The fraction of sp³-hybridized carbons (Fsp3) is 0.641. The number of nitriles is 2. The topological polar surface area (TPSA) is 187 Å². The first-order valence-corrected chi connectivity index (χ1v) is 20.7. The van der Waals surface area contributed by atoms with Crippen LogP contribution in [0.15, 0.2) is 36.7 Å². The van der Waals surface area contributed by atoms with E-state index in [1.54, 1.807) is 16.6 Å². The fourth-order valence-corrected chi connectivity index (χ4v) is 6.86. The van der Waals surface area contributed by atoms with E-state index in [4.69, 9.17) is 29.0 Å². The molecule has 0 fully saturated rings. The second kappa shape index (κ2) is 24.8. The van der Waals surface area contributed by atoms with Crippen LogP contribution in [0.5, 0.6) is 0 Å². The molecular formula is C39H58FN6O7P. The molecule has 0 saturated heterocycles. The summed E-state index contributed by atoms with van der Waals surface area (Å²) < 4.78 is 56.4. The number of phosphoric acid groups is 1. The smallest absolute Gasteiger partial charge is 0.382 e. The molecule has 0 aliphatic carbocycles.